The van der Waals surface area contributed by atoms with Crippen molar-refractivity contribution in [3.63, 3.8) is 0 Å². The molecule has 0 saturated carbocycles. The molecule has 3 nitrogen and oxygen atoms in total. The fourth-order valence-corrected chi connectivity index (χ4v) is 2.68. The normalized spacial score (nSPS) is 20.1. The van der Waals surface area contributed by atoms with Crippen LogP contribution in [0.5, 0.6) is 0 Å². The highest BCUT2D eigenvalue weighted by Crippen LogP contribution is 2.32. The summed E-state index contributed by atoms with van der Waals surface area (Å²) < 4.78 is 5.28. The lowest BCUT2D eigenvalue weighted by atomic mass is 9.85. The van der Waals surface area contributed by atoms with E-state index in [-0.39, 0.29) is 5.78 Å². The molecular weight excluding hydrogens is 262 g/mol. The molecule has 106 valence electrons. The Morgan fingerprint density at radius 1 is 1.24 bits per heavy atom. The van der Waals surface area contributed by atoms with E-state index in [2.05, 4.69) is 11.1 Å². The molecule has 3 rings (SSSR count). The van der Waals surface area contributed by atoms with Gasteiger partial charge in [-0.15, -0.1) is 0 Å². The van der Waals surface area contributed by atoms with E-state index < -0.39 is 0 Å². The maximum atomic E-state index is 12.7. The van der Waals surface area contributed by atoms with E-state index in [1.807, 2.05) is 30.4 Å². The molecular formula is C18H17NO2. The molecule has 0 aliphatic heterocycles. The molecule has 0 spiro atoms. The van der Waals surface area contributed by atoms with Crippen LogP contribution in [0.4, 0.5) is 0 Å². The first kappa shape index (κ1) is 13.6. The molecule has 0 N–H and O–H groups in total. The summed E-state index contributed by atoms with van der Waals surface area (Å²) in [7, 11) is 1.63. The van der Waals surface area contributed by atoms with Crippen LogP contribution in [-0.2, 0) is 9.53 Å². The second-order valence-corrected chi connectivity index (χ2v) is 5.15. The number of pyridine rings is 1. The minimum atomic E-state index is 0.117. The molecule has 2 aliphatic carbocycles. The zero-order chi connectivity index (χ0) is 14.7. The van der Waals surface area contributed by atoms with E-state index in [1.165, 1.54) is 5.57 Å². The number of aromatic nitrogens is 1. The van der Waals surface area contributed by atoms with Gasteiger partial charge in [-0.1, -0.05) is 11.6 Å². The van der Waals surface area contributed by atoms with Crippen LogP contribution in [0.15, 0.2) is 65.2 Å². The van der Waals surface area contributed by atoms with Gasteiger partial charge in [0, 0.05) is 23.5 Å². The van der Waals surface area contributed by atoms with E-state index in [1.54, 1.807) is 19.5 Å². The molecule has 0 saturated heterocycles. The van der Waals surface area contributed by atoms with Gasteiger partial charge in [0.2, 0.25) is 0 Å². The second-order valence-electron chi connectivity index (χ2n) is 5.15. The Bertz CT molecular complexity index is 678. The van der Waals surface area contributed by atoms with Crippen molar-refractivity contribution in [3.8, 4) is 0 Å². The first-order valence-electron chi connectivity index (χ1n) is 7.07. The smallest absolute Gasteiger partial charge is 0.189 e. The molecule has 0 unspecified atom stereocenters. The van der Waals surface area contributed by atoms with Crippen LogP contribution in [0.2, 0.25) is 0 Å². The van der Waals surface area contributed by atoms with Gasteiger partial charge in [-0.25, -0.2) is 0 Å². The Morgan fingerprint density at radius 3 is 2.81 bits per heavy atom. The molecule has 0 amide bonds. The Labute approximate surface area is 124 Å². The van der Waals surface area contributed by atoms with Gasteiger partial charge < -0.3 is 4.74 Å². The number of allylic oxidation sites excluding steroid dienone is 6. The zero-order valence-electron chi connectivity index (χ0n) is 12.0. The van der Waals surface area contributed by atoms with Gasteiger partial charge in [0.25, 0.3) is 0 Å². The molecule has 1 aromatic rings. The Hall–Kier alpha value is -2.42. The van der Waals surface area contributed by atoms with Crippen LogP contribution in [0.3, 0.4) is 0 Å². The van der Waals surface area contributed by atoms with Crippen LogP contribution >= 0.6 is 0 Å². The quantitative estimate of drug-likeness (QED) is 0.776. The molecule has 0 aromatic carbocycles. The maximum Gasteiger partial charge on any atom is 0.189 e. The molecule has 0 radical (unpaired) electrons. The average molecular weight is 279 g/mol. The second kappa shape index (κ2) is 5.92. The predicted molar refractivity (Wildman–Crippen MR) is 82.3 cm³/mol. The topological polar surface area (TPSA) is 39.2 Å². The number of ether oxygens (including phenoxy) is 1. The summed E-state index contributed by atoms with van der Waals surface area (Å²) >= 11 is 0. The standard InChI is InChI=1S/C18H17NO2/c1-21-16-4-2-3-14-5-6-15(18(20)17(14)12-16)11-13-7-9-19-10-8-13/h2,4,7-12H,3,5-6H2,1H3/b15-11-. The summed E-state index contributed by atoms with van der Waals surface area (Å²) in [4.78, 5) is 16.7. The van der Waals surface area contributed by atoms with Gasteiger partial charge in [0.1, 0.15) is 5.76 Å². The summed E-state index contributed by atoms with van der Waals surface area (Å²) in [5.41, 5.74) is 3.87. The van der Waals surface area contributed by atoms with Crippen molar-refractivity contribution in [2.45, 2.75) is 19.3 Å². The van der Waals surface area contributed by atoms with Gasteiger partial charge in [-0.2, -0.15) is 0 Å². The maximum absolute atomic E-state index is 12.7. The van der Waals surface area contributed by atoms with Crippen molar-refractivity contribution < 1.29 is 9.53 Å². The van der Waals surface area contributed by atoms with E-state index in [4.69, 9.17) is 4.74 Å². The number of methoxy groups -OCH3 is 1. The lowest BCUT2D eigenvalue weighted by molar-refractivity contribution is -0.112. The molecule has 0 atom stereocenters. The van der Waals surface area contributed by atoms with Gasteiger partial charge in [-0.05, 0) is 55.2 Å². The minimum Gasteiger partial charge on any atom is -0.497 e. The highest BCUT2D eigenvalue weighted by molar-refractivity contribution is 6.14. The van der Waals surface area contributed by atoms with Crippen LogP contribution in [-0.4, -0.2) is 17.9 Å². The first-order chi connectivity index (χ1) is 10.3. The first-order valence-corrected chi connectivity index (χ1v) is 7.07. The fraction of sp³-hybridized carbons (Fsp3) is 0.222. The van der Waals surface area contributed by atoms with E-state index in [9.17, 15) is 4.79 Å². The van der Waals surface area contributed by atoms with Crippen molar-refractivity contribution in [1.82, 2.24) is 4.98 Å². The third-order valence-corrected chi connectivity index (χ3v) is 3.83. The number of carbonyl (C=O) groups is 1. The largest absolute Gasteiger partial charge is 0.497 e. The van der Waals surface area contributed by atoms with E-state index in [0.29, 0.717) is 0 Å². The average Bonchev–Trinajstić information content (AvgIpc) is 2.74. The number of rotatable bonds is 2. The van der Waals surface area contributed by atoms with Crippen molar-refractivity contribution >= 4 is 11.9 Å². The zero-order valence-corrected chi connectivity index (χ0v) is 12.0. The van der Waals surface area contributed by atoms with Crippen LogP contribution in [0.1, 0.15) is 24.8 Å². The molecule has 0 bridgehead atoms. The molecule has 1 aromatic heterocycles. The number of hydrogen-bond donors (Lipinski definition) is 0. The fourth-order valence-electron chi connectivity index (χ4n) is 2.68. The van der Waals surface area contributed by atoms with Crippen LogP contribution < -0.4 is 0 Å². The van der Waals surface area contributed by atoms with Crippen LogP contribution in [0, 0.1) is 0 Å². The highest BCUT2D eigenvalue weighted by Gasteiger charge is 2.24. The summed E-state index contributed by atoms with van der Waals surface area (Å²) in [5, 5.41) is 0. The number of carbonyl (C=O) groups excluding carboxylic acids is 1. The number of ketones is 1. The SMILES string of the molecule is COC1=CC2=C(CC=C1)CC/C(=C/c1ccncc1)C2=O. The summed E-state index contributed by atoms with van der Waals surface area (Å²) in [6, 6.07) is 3.82. The third-order valence-electron chi connectivity index (χ3n) is 3.83. The van der Waals surface area contributed by atoms with Gasteiger partial charge >= 0.3 is 0 Å². The lowest BCUT2D eigenvalue weighted by Crippen LogP contribution is -2.13. The lowest BCUT2D eigenvalue weighted by Gasteiger charge is -2.18. The number of hydrogen-bond acceptors (Lipinski definition) is 3. The minimum absolute atomic E-state index is 0.117. The molecule has 3 heteroatoms. The molecule has 2 aliphatic rings. The van der Waals surface area contributed by atoms with E-state index >= 15 is 0 Å². The predicted octanol–water partition coefficient (Wildman–Crippen LogP) is 3.61. The van der Waals surface area contributed by atoms with Gasteiger partial charge in [0.15, 0.2) is 5.78 Å². The number of nitrogens with zero attached hydrogens (tertiary/aromatic N) is 1. The molecule has 0 fully saturated rings. The van der Waals surface area contributed by atoms with Gasteiger partial charge in [-0.3, -0.25) is 9.78 Å². The Kier molecular flexibility index (Phi) is 3.82. The van der Waals surface area contributed by atoms with Crippen molar-refractivity contribution in [3.05, 3.63) is 70.8 Å². The van der Waals surface area contributed by atoms with Gasteiger partial charge in [0.05, 0.1) is 7.11 Å². The Morgan fingerprint density at radius 2 is 2.05 bits per heavy atom. The number of Topliss-reactive ketones (excluding diaryl/α,β-unsaturated/α-hetero) is 1. The monoisotopic (exact) mass is 279 g/mol. The van der Waals surface area contributed by atoms with Crippen molar-refractivity contribution in [1.29, 1.82) is 0 Å². The van der Waals surface area contributed by atoms with Crippen molar-refractivity contribution in [2.75, 3.05) is 7.11 Å². The van der Waals surface area contributed by atoms with E-state index in [0.717, 1.165) is 41.7 Å². The molecule has 21 heavy (non-hydrogen) atoms. The summed E-state index contributed by atoms with van der Waals surface area (Å²) in [6.45, 7) is 0. The highest BCUT2D eigenvalue weighted by atomic mass is 16.5. The summed E-state index contributed by atoms with van der Waals surface area (Å²) in [6.07, 6.45) is 13.8. The van der Waals surface area contributed by atoms with Crippen molar-refractivity contribution in [2.24, 2.45) is 0 Å². The Balaban J connectivity index is 1.96. The summed E-state index contributed by atoms with van der Waals surface area (Å²) in [5.74, 6) is 0.852. The molecule has 1 heterocycles. The third kappa shape index (κ3) is 2.87. The van der Waals surface area contributed by atoms with Crippen LogP contribution in [0.25, 0.3) is 6.08 Å².